The first-order valence-corrected chi connectivity index (χ1v) is 6.69. The highest BCUT2D eigenvalue weighted by Gasteiger charge is 2.37. The van der Waals surface area contributed by atoms with Crippen molar-refractivity contribution in [2.75, 3.05) is 13.1 Å². The second-order valence-electron chi connectivity index (χ2n) is 5.51. The third-order valence-electron chi connectivity index (χ3n) is 3.99. The molecule has 1 aromatic rings. The predicted octanol–water partition coefficient (Wildman–Crippen LogP) is 2.24. The van der Waals surface area contributed by atoms with Crippen molar-refractivity contribution in [3.63, 3.8) is 0 Å². The molecule has 0 radical (unpaired) electrons. The van der Waals surface area contributed by atoms with E-state index in [-0.39, 0.29) is 0 Å². The van der Waals surface area contributed by atoms with E-state index in [9.17, 15) is 4.39 Å². The van der Waals surface area contributed by atoms with E-state index in [0.717, 1.165) is 5.69 Å². The summed E-state index contributed by atoms with van der Waals surface area (Å²) in [5, 5.41) is 7.53. The second kappa shape index (κ2) is 4.41. The van der Waals surface area contributed by atoms with E-state index >= 15 is 0 Å². The zero-order chi connectivity index (χ0) is 11.7. The Morgan fingerprint density at radius 1 is 1.35 bits per heavy atom. The lowest BCUT2D eigenvalue weighted by atomic mass is 9.94. The maximum Gasteiger partial charge on any atom is 0.141 e. The van der Waals surface area contributed by atoms with Gasteiger partial charge in [0, 0.05) is 25.7 Å². The van der Waals surface area contributed by atoms with E-state index in [1.807, 2.05) is 12.3 Å². The SMILES string of the molecule is FC1(Cc2ccn(C3CCCCC3)n2)CNC1. The summed E-state index contributed by atoms with van der Waals surface area (Å²) in [6.07, 6.45) is 8.89. The summed E-state index contributed by atoms with van der Waals surface area (Å²) < 4.78 is 16.0. The molecule has 0 aromatic carbocycles. The minimum Gasteiger partial charge on any atom is -0.310 e. The van der Waals surface area contributed by atoms with Crippen LogP contribution in [-0.2, 0) is 6.42 Å². The Bertz CT molecular complexity index is 378. The van der Waals surface area contributed by atoms with E-state index in [0.29, 0.717) is 25.6 Å². The molecule has 2 fully saturated rings. The molecule has 1 N–H and O–H groups in total. The van der Waals surface area contributed by atoms with Gasteiger partial charge in [-0.15, -0.1) is 0 Å². The van der Waals surface area contributed by atoms with Crippen LogP contribution >= 0.6 is 0 Å². The van der Waals surface area contributed by atoms with E-state index in [4.69, 9.17) is 0 Å². The van der Waals surface area contributed by atoms with Crippen molar-refractivity contribution in [1.82, 2.24) is 15.1 Å². The molecule has 0 spiro atoms. The molecule has 0 amide bonds. The molecular weight excluding hydrogens is 217 g/mol. The number of hydrogen-bond donors (Lipinski definition) is 1. The number of alkyl halides is 1. The first-order valence-electron chi connectivity index (χ1n) is 6.69. The molecule has 4 heteroatoms. The summed E-state index contributed by atoms with van der Waals surface area (Å²) >= 11 is 0. The van der Waals surface area contributed by atoms with Crippen molar-refractivity contribution in [1.29, 1.82) is 0 Å². The van der Waals surface area contributed by atoms with Gasteiger partial charge in [-0.1, -0.05) is 19.3 Å². The van der Waals surface area contributed by atoms with Crippen LogP contribution in [-0.4, -0.2) is 28.5 Å². The average molecular weight is 237 g/mol. The van der Waals surface area contributed by atoms with Crippen LogP contribution in [0.4, 0.5) is 4.39 Å². The summed E-state index contributed by atoms with van der Waals surface area (Å²) in [5.74, 6) is 0. The van der Waals surface area contributed by atoms with Crippen LogP contribution in [0.3, 0.4) is 0 Å². The summed E-state index contributed by atoms with van der Waals surface area (Å²) in [5.41, 5.74) is -0.147. The largest absolute Gasteiger partial charge is 0.310 e. The highest BCUT2D eigenvalue weighted by Crippen LogP contribution is 2.28. The van der Waals surface area contributed by atoms with Crippen LogP contribution in [0.15, 0.2) is 12.3 Å². The quantitative estimate of drug-likeness (QED) is 0.873. The molecule has 1 saturated carbocycles. The van der Waals surface area contributed by atoms with Crippen LogP contribution in [0.2, 0.25) is 0 Å². The van der Waals surface area contributed by atoms with Crippen molar-refractivity contribution < 1.29 is 4.39 Å². The van der Waals surface area contributed by atoms with Gasteiger partial charge in [-0.05, 0) is 18.9 Å². The fourth-order valence-corrected chi connectivity index (χ4v) is 2.87. The van der Waals surface area contributed by atoms with Crippen molar-refractivity contribution in [3.05, 3.63) is 18.0 Å². The number of halogens is 1. The molecule has 0 atom stereocenters. The van der Waals surface area contributed by atoms with Crippen molar-refractivity contribution in [3.8, 4) is 0 Å². The minimum absolute atomic E-state index is 0.458. The molecule has 2 heterocycles. The third kappa shape index (κ3) is 2.37. The summed E-state index contributed by atoms with van der Waals surface area (Å²) in [7, 11) is 0. The molecule has 1 aliphatic carbocycles. The lowest BCUT2D eigenvalue weighted by molar-refractivity contribution is 0.0897. The zero-order valence-electron chi connectivity index (χ0n) is 10.2. The first kappa shape index (κ1) is 11.2. The molecule has 1 aliphatic heterocycles. The number of hydrogen-bond acceptors (Lipinski definition) is 2. The third-order valence-corrected chi connectivity index (χ3v) is 3.99. The Morgan fingerprint density at radius 2 is 2.12 bits per heavy atom. The van der Waals surface area contributed by atoms with Gasteiger partial charge in [0.15, 0.2) is 0 Å². The predicted molar refractivity (Wildman–Crippen MR) is 64.8 cm³/mol. The van der Waals surface area contributed by atoms with Gasteiger partial charge < -0.3 is 5.32 Å². The molecule has 3 nitrogen and oxygen atoms in total. The summed E-state index contributed by atoms with van der Waals surface area (Å²) in [4.78, 5) is 0. The maximum absolute atomic E-state index is 13.9. The molecule has 3 rings (SSSR count). The lowest BCUT2D eigenvalue weighted by Gasteiger charge is -2.34. The molecular formula is C13H20FN3. The van der Waals surface area contributed by atoms with Gasteiger partial charge in [0.25, 0.3) is 0 Å². The molecule has 17 heavy (non-hydrogen) atoms. The maximum atomic E-state index is 13.9. The molecule has 0 bridgehead atoms. The molecule has 1 saturated heterocycles. The average Bonchev–Trinajstić information content (AvgIpc) is 2.77. The molecule has 2 aliphatic rings. The van der Waals surface area contributed by atoms with Gasteiger partial charge in [0.05, 0.1) is 11.7 Å². The van der Waals surface area contributed by atoms with Gasteiger partial charge in [-0.3, -0.25) is 4.68 Å². The van der Waals surface area contributed by atoms with E-state index in [1.165, 1.54) is 32.1 Å². The topological polar surface area (TPSA) is 29.9 Å². The zero-order valence-corrected chi connectivity index (χ0v) is 10.2. The fraction of sp³-hybridized carbons (Fsp3) is 0.769. The number of rotatable bonds is 3. The van der Waals surface area contributed by atoms with E-state index in [1.54, 1.807) is 0 Å². The first-order chi connectivity index (χ1) is 8.25. The Labute approximate surface area is 101 Å². The minimum atomic E-state index is -1.05. The van der Waals surface area contributed by atoms with Gasteiger partial charge in [0.1, 0.15) is 5.67 Å². The second-order valence-corrected chi connectivity index (χ2v) is 5.51. The van der Waals surface area contributed by atoms with Gasteiger partial charge >= 0.3 is 0 Å². The van der Waals surface area contributed by atoms with Crippen LogP contribution in [0, 0.1) is 0 Å². The Kier molecular flexibility index (Phi) is 2.90. The standard InChI is InChI=1S/C13H20FN3/c14-13(9-15-10-13)8-11-6-7-17(16-11)12-4-2-1-3-5-12/h6-7,12,15H,1-5,8-10H2. The Balaban J connectivity index is 1.65. The summed E-state index contributed by atoms with van der Waals surface area (Å²) in [6.45, 7) is 0.951. The van der Waals surface area contributed by atoms with Gasteiger partial charge in [-0.2, -0.15) is 5.10 Å². The number of aromatic nitrogens is 2. The lowest BCUT2D eigenvalue weighted by Crippen LogP contribution is -2.57. The monoisotopic (exact) mass is 237 g/mol. The Hall–Kier alpha value is -0.900. The number of nitrogens with zero attached hydrogens (tertiary/aromatic N) is 2. The number of nitrogens with one attached hydrogen (secondary N) is 1. The van der Waals surface area contributed by atoms with Crippen LogP contribution in [0.5, 0.6) is 0 Å². The molecule has 0 unspecified atom stereocenters. The fourth-order valence-electron chi connectivity index (χ4n) is 2.87. The van der Waals surface area contributed by atoms with Crippen molar-refractivity contribution in [2.24, 2.45) is 0 Å². The molecule has 94 valence electrons. The Morgan fingerprint density at radius 3 is 2.76 bits per heavy atom. The van der Waals surface area contributed by atoms with E-state index < -0.39 is 5.67 Å². The highest BCUT2D eigenvalue weighted by molar-refractivity contribution is 5.09. The summed E-state index contributed by atoms with van der Waals surface area (Å²) in [6, 6.07) is 2.53. The van der Waals surface area contributed by atoms with Crippen LogP contribution in [0.25, 0.3) is 0 Å². The van der Waals surface area contributed by atoms with Gasteiger partial charge in [-0.25, -0.2) is 4.39 Å². The highest BCUT2D eigenvalue weighted by atomic mass is 19.1. The van der Waals surface area contributed by atoms with Crippen molar-refractivity contribution in [2.45, 2.75) is 50.2 Å². The molecule has 1 aromatic heterocycles. The normalized spacial score (nSPS) is 24.5. The smallest absolute Gasteiger partial charge is 0.141 e. The van der Waals surface area contributed by atoms with E-state index in [2.05, 4.69) is 15.1 Å². The van der Waals surface area contributed by atoms with Crippen molar-refractivity contribution >= 4 is 0 Å². The van der Waals surface area contributed by atoms with Crippen LogP contribution in [0.1, 0.15) is 43.8 Å². The van der Waals surface area contributed by atoms with Crippen LogP contribution < -0.4 is 5.32 Å². The van der Waals surface area contributed by atoms with Gasteiger partial charge in [0.2, 0.25) is 0 Å².